The van der Waals surface area contributed by atoms with Gasteiger partial charge in [-0.05, 0) is 46.9 Å². The summed E-state index contributed by atoms with van der Waals surface area (Å²) in [6.45, 7) is 6.64. The van der Waals surface area contributed by atoms with Crippen LogP contribution in [0, 0.1) is 0 Å². The highest BCUT2D eigenvalue weighted by atomic mass is 16.3. The van der Waals surface area contributed by atoms with E-state index in [2.05, 4.69) is 63.2 Å². The monoisotopic (exact) mass is 280 g/mol. The van der Waals surface area contributed by atoms with Gasteiger partial charge in [-0.15, -0.1) is 0 Å². The van der Waals surface area contributed by atoms with Crippen LogP contribution in [0.3, 0.4) is 0 Å². The third-order valence-corrected chi connectivity index (χ3v) is 4.68. The Hall–Kier alpha value is -1.60. The van der Waals surface area contributed by atoms with Crippen LogP contribution in [-0.4, -0.2) is 5.11 Å². The van der Waals surface area contributed by atoms with Crippen LogP contribution >= 0.6 is 0 Å². The lowest BCUT2D eigenvalue weighted by Gasteiger charge is -2.35. The highest BCUT2D eigenvalue weighted by Gasteiger charge is 2.35. The SMILES string of the molecule is CC(C)(C)c1ccc(C2(O)CCCc3ccccc32)cc1. The number of hydrogen-bond acceptors (Lipinski definition) is 1. The largest absolute Gasteiger partial charge is 0.380 e. The summed E-state index contributed by atoms with van der Waals surface area (Å²) in [7, 11) is 0. The quantitative estimate of drug-likeness (QED) is 0.812. The third kappa shape index (κ3) is 2.51. The summed E-state index contributed by atoms with van der Waals surface area (Å²) < 4.78 is 0. The van der Waals surface area contributed by atoms with Crippen LogP contribution < -0.4 is 0 Å². The van der Waals surface area contributed by atoms with Gasteiger partial charge in [-0.25, -0.2) is 0 Å². The molecule has 1 heteroatoms. The molecule has 2 aromatic carbocycles. The average molecular weight is 280 g/mol. The van der Waals surface area contributed by atoms with E-state index >= 15 is 0 Å². The maximum atomic E-state index is 11.3. The van der Waals surface area contributed by atoms with Crippen molar-refractivity contribution in [3.05, 3.63) is 70.8 Å². The Labute approximate surface area is 127 Å². The van der Waals surface area contributed by atoms with Crippen molar-refractivity contribution in [2.24, 2.45) is 0 Å². The minimum absolute atomic E-state index is 0.144. The zero-order valence-electron chi connectivity index (χ0n) is 13.2. The van der Waals surface area contributed by atoms with E-state index < -0.39 is 5.60 Å². The molecule has 1 aliphatic carbocycles. The van der Waals surface area contributed by atoms with Gasteiger partial charge in [0.1, 0.15) is 5.60 Å². The Balaban J connectivity index is 2.04. The van der Waals surface area contributed by atoms with Crippen molar-refractivity contribution in [2.75, 3.05) is 0 Å². The first-order valence-corrected chi connectivity index (χ1v) is 7.83. The van der Waals surface area contributed by atoms with Crippen LogP contribution in [0.25, 0.3) is 0 Å². The third-order valence-electron chi connectivity index (χ3n) is 4.68. The second-order valence-electron chi connectivity index (χ2n) is 7.20. The molecular formula is C20H24O. The Kier molecular flexibility index (Phi) is 3.41. The number of benzene rings is 2. The van der Waals surface area contributed by atoms with E-state index in [1.54, 1.807) is 0 Å². The van der Waals surface area contributed by atoms with Crippen LogP contribution in [-0.2, 0) is 17.4 Å². The van der Waals surface area contributed by atoms with E-state index in [4.69, 9.17) is 0 Å². The molecule has 1 unspecified atom stereocenters. The van der Waals surface area contributed by atoms with Gasteiger partial charge in [0, 0.05) is 0 Å². The second kappa shape index (κ2) is 4.99. The summed E-state index contributed by atoms with van der Waals surface area (Å²) >= 11 is 0. The lowest BCUT2D eigenvalue weighted by atomic mass is 9.74. The van der Waals surface area contributed by atoms with Gasteiger partial charge < -0.3 is 5.11 Å². The predicted octanol–water partition coefficient (Wildman–Crippen LogP) is 4.56. The molecule has 110 valence electrons. The van der Waals surface area contributed by atoms with E-state index in [-0.39, 0.29) is 5.41 Å². The van der Waals surface area contributed by atoms with Crippen molar-refractivity contribution in [1.29, 1.82) is 0 Å². The molecule has 1 atom stereocenters. The maximum absolute atomic E-state index is 11.3. The average Bonchev–Trinajstić information content (AvgIpc) is 2.47. The molecule has 0 aromatic heterocycles. The summed E-state index contributed by atoms with van der Waals surface area (Å²) in [5, 5.41) is 11.3. The number of fused-ring (bicyclic) bond motifs is 1. The first-order valence-electron chi connectivity index (χ1n) is 7.83. The standard InChI is InChI=1S/C20H24O/c1-19(2,3)16-10-12-17(13-11-16)20(21)14-6-8-15-7-4-5-9-18(15)20/h4-5,7,9-13,21H,6,8,14H2,1-3H3. The molecule has 0 saturated carbocycles. The van der Waals surface area contributed by atoms with Gasteiger partial charge in [-0.3, -0.25) is 0 Å². The number of aliphatic hydroxyl groups is 1. The Morgan fingerprint density at radius 1 is 0.952 bits per heavy atom. The molecule has 2 aromatic rings. The number of hydrogen-bond donors (Lipinski definition) is 1. The minimum Gasteiger partial charge on any atom is -0.380 e. The molecule has 0 aliphatic heterocycles. The van der Waals surface area contributed by atoms with E-state index in [9.17, 15) is 5.11 Å². The van der Waals surface area contributed by atoms with Crippen molar-refractivity contribution in [3.63, 3.8) is 0 Å². The first kappa shape index (κ1) is 14.3. The van der Waals surface area contributed by atoms with Gasteiger partial charge in [0.25, 0.3) is 0 Å². The lowest BCUT2D eigenvalue weighted by Crippen LogP contribution is -2.32. The zero-order chi connectivity index (χ0) is 15.1. The molecule has 0 spiro atoms. The fourth-order valence-electron chi connectivity index (χ4n) is 3.36. The number of rotatable bonds is 1. The summed E-state index contributed by atoms with van der Waals surface area (Å²) in [6.07, 6.45) is 2.91. The molecular weight excluding hydrogens is 256 g/mol. The van der Waals surface area contributed by atoms with Gasteiger partial charge >= 0.3 is 0 Å². The molecule has 0 amide bonds. The van der Waals surface area contributed by atoms with Crippen LogP contribution in [0.15, 0.2) is 48.5 Å². The molecule has 0 heterocycles. The molecule has 21 heavy (non-hydrogen) atoms. The second-order valence-corrected chi connectivity index (χ2v) is 7.20. The molecule has 0 radical (unpaired) electrons. The van der Waals surface area contributed by atoms with Crippen LogP contribution in [0.2, 0.25) is 0 Å². The van der Waals surface area contributed by atoms with E-state index in [0.717, 1.165) is 30.4 Å². The summed E-state index contributed by atoms with van der Waals surface area (Å²) in [4.78, 5) is 0. The predicted molar refractivity (Wildman–Crippen MR) is 87.5 cm³/mol. The fraction of sp³-hybridized carbons (Fsp3) is 0.400. The lowest BCUT2D eigenvalue weighted by molar-refractivity contribution is 0.0615. The maximum Gasteiger partial charge on any atom is 0.115 e. The van der Waals surface area contributed by atoms with Gasteiger partial charge in [0.05, 0.1) is 0 Å². The zero-order valence-corrected chi connectivity index (χ0v) is 13.2. The molecule has 3 rings (SSSR count). The van der Waals surface area contributed by atoms with Crippen LogP contribution in [0.4, 0.5) is 0 Å². The topological polar surface area (TPSA) is 20.2 Å². The van der Waals surface area contributed by atoms with Crippen LogP contribution in [0.1, 0.15) is 55.9 Å². The molecule has 1 N–H and O–H groups in total. The van der Waals surface area contributed by atoms with Crippen molar-refractivity contribution in [2.45, 2.75) is 51.0 Å². The van der Waals surface area contributed by atoms with Gasteiger partial charge in [-0.1, -0.05) is 69.3 Å². The first-order chi connectivity index (χ1) is 9.91. The van der Waals surface area contributed by atoms with Gasteiger partial charge in [0.15, 0.2) is 0 Å². The Morgan fingerprint density at radius 2 is 1.62 bits per heavy atom. The van der Waals surface area contributed by atoms with Crippen molar-refractivity contribution < 1.29 is 5.11 Å². The van der Waals surface area contributed by atoms with Crippen LogP contribution in [0.5, 0.6) is 0 Å². The van der Waals surface area contributed by atoms with Crippen molar-refractivity contribution in [1.82, 2.24) is 0 Å². The Bertz CT molecular complexity index is 634. The summed E-state index contributed by atoms with van der Waals surface area (Å²) in [5.41, 5.74) is 4.00. The van der Waals surface area contributed by atoms with E-state index in [1.165, 1.54) is 11.1 Å². The Morgan fingerprint density at radius 3 is 2.29 bits per heavy atom. The van der Waals surface area contributed by atoms with E-state index in [0.29, 0.717) is 0 Å². The highest BCUT2D eigenvalue weighted by Crippen LogP contribution is 2.40. The van der Waals surface area contributed by atoms with Gasteiger partial charge in [0.2, 0.25) is 0 Å². The molecule has 0 fully saturated rings. The highest BCUT2D eigenvalue weighted by molar-refractivity contribution is 5.44. The smallest absolute Gasteiger partial charge is 0.115 e. The van der Waals surface area contributed by atoms with Crippen molar-refractivity contribution in [3.8, 4) is 0 Å². The molecule has 0 bridgehead atoms. The fourth-order valence-corrected chi connectivity index (χ4v) is 3.36. The van der Waals surface area contributed by atoms with Crippen molar-refractivity contribution >= 4 is 0 Å². The van der Waals surface area contributed by atoms with Gasteiger partial charge in [-0.2, -0.15) is 0 Å². The minimum atomic E-state index is -0.828. The molecule has 1 aliphatic rings. The normalized spacial score (nSPS) is 21.9. The summed E-state index contributed by atoms with van der Waals surface area (Å²) in [6, 6.07) is 16.8. The number of aryl methyl sites for hydroxylation is 1. The molecule has 0 saturated heterocycles. The molecule has 1 nitrogen and oxygen atoms in total. The summed E-state index contributed by atoms with van der Waals surface area (Å²) in [5.74, 6) is 0. The van der Waals surface area contributed by atoms with E-state index in [1.807, 2.05) is 6.07 Å².